The third-order valence-electron chi connectivity index (χ3n) is 10.1. The summed E-state index contributed by atoms with van der Waals surface area (Å²) in [4.78, 5) is 36.0. The topological polar surface area (TPSA) is 60.4 Å². The third-order valence-corrected chi connectivity index (χ3v) is 10.1. The van der Waals surface area contributed by atoms with Crippen LogP contribution in [-0.4, -0.2) is 18.2 Å². The second-order valence-corrected chi connectivity index (χ2v) is 15.5. The zero-order valence-corrected chi connectivity index (χ0v) is 33.7. The summed E-state index contributed by atoms with van der Waals surface area (Å²) in [6.45, 7) is 6.82. The molecule has 50 heavy (non-hydrogen) atoms. The molecule has 0 aliphatic rings. The Morgan fingerprint density at radius 1 is 0.480 bits per heavy atom. The minimum Gasteiger partial charge on any atom is -0.393 e. The van der Waals surface area contributed by atoms with E-state index in [-0.39, 0.29) is 17.9 Å². The van der Waals surface area contributed by atoms with Gasteiger partial charge in [-0.2, -0.15) is 0 Å². The lowest BCUT2D eigenvalue weighted by atomic mass is 9.94. The van der Waals surface area contributed by atoms with E-state index >= 15 is 0 Å². The summed E-state index contributed by atoms with van der Waals surface area (Å²) in [5.74, 6) is 0.0636. The van der Waals surface area contributed by atoms with E-state index in [1.807, 2.05) is 0 Å². The Labute approximate surface area is 311 Å². The first-order chi connectivity index (χ1) is 24.5. The summed E-state index contributed by atoms with van der Waals surface area (Å²) in [6, 6.07) is 0. The first-order valence-corrected chi connectivity index (χ1v) is 22.0. The van der Waals surface area contributed by atoms with Crippen molar-refractivity contribution in [1.82, 2.24) is 0 Å². The maximum atomic E-state index is 13.1. The molecule has 4 nitrogen and oxygen atoms in total. The van der Waals surface area contributed by atoms with Gasteiger partial charge in [-0.1, -0.05) is 193 Å². The second kappa shape index (κ2) is 40.1. The number of rotatable bonds is 39. The van der Waals surface area contributed by atoms with Crippen molar-refractivity contribution in [2.75, 3.05) is 0 Å². The maximum absolute atomic E-state index is 13.1. The first-order valence-electron chi connectivity index (χ1n) is 22.0. The second-order valence-electron chi connectivity index (χ2n) is 15.5. The highest BCUT2D eigenvalue weighted by molar-refractivity contribution is 5.86. The summed E-state index contributed by atoms with van der Waals surface area (Å²) in [5, 5.41) is 0. The van der Waals surface area contributed by atoms with Crippen molar-refractivity contribution < 1.29 is 19.1 Å². The fraction of sp³-hybridized carbons (Fsp3) is 0.848. The molecule has 0 fully saturated rings. The molecule has 1 unspecified atom stereocenters. The number of hydrogen-bond acceptors (Lipinski definition) is 4. The van der Waals surface area contributed by atoms with Gasteiger partial charge >= 0.3 is 11.9 Å². The number of carbonyl (C=O) groups excluding carboxylic acids is 3. The van der Waals surface area contributed by atoms with Gasteiger partial charge in [-0.3, -0.25) is 9.59 Å². The molecule has 0 N–H and O–H groups in total. The first kappa shape index (κ1) is 48.3. The van der Waals surface area contributed by atoms with Crippen molar-refractivity contribution in [3.05, 3.63) is 24.3 Å². The SMILES string of the molecule is CCCCCC=CCC=CCCCCCCCC(=O)OC(=O)C(CCCCCCCCCCCCCCCC=O)CCCCCCCC(C)C. The number of esters is 2. The van der Waals surface area contributed by atoms with Crippen LogP contribution in [0.15, 0.2) is 24.3 Å². The van der Waals surface area contributed by atoms with Crippen LogP contribution in [0.3, 0.4) is 0 Å². The normalized spacial score (nSPS) is 12.4. The Hall–Kier alpha value is -1.71. The van der Waals surface area contributed by atoms with E-state index in [0.29, 0.717) is 6.42 Å². The van der Waals surface area contributed by atoms with Crippen molar-refractivity contribution >= 4 is 18.2 Å². The van der Waals surface area contributed by atoms with E-state index in [2.05, 4.69) is 45.1 Å². The molecule has 292 valence electrons. The molecule has 0 aromatic heterocycles. The summed E-state index contributed by atoms with van der Waals surface area (Å²) in [7, 11) is 0. The van der Waals surface area contributed by atoms with Crippen LogP contribution in [0.5, 0.6) is 0 Å². The zero-order chi connectivity index (χ0) is 36.6. The molecule has 0 aromatic carbocycles. The van der Waals surface area contributed by atoms with Gasteiger partial charge in [0.1, 0.15) is 6.29 Å². The highest BCUT2D eigenvalue weighted by Gasteiger charge is 2.22. The monoisotopic (exact) mass is 701 g/mol. The quantitative estimate of drug-likeness (QED) is 0.0210. The van der Waals surface area contributed by atoms with Gasteiger partial charge in [-0.05, 0) is 63.7 Å². The lowest BCUT2D eigenvalue weighted by Gasteiger charge is -2.15. The Morgan fingerprint density at radius 2 is 0.880 bits per heavy atom. The largest absolute Gasteiger partial charge is 0.393 e. The Kier molecular flexibility index (Phi) is 38.7. The number of hydrogen-bond donors (Lipinski definition) is 0. The van der Waals surface area contributed by atoms with Crippen molar-refractivity contribution in [2.45, 2.75) is 239 Å². The lowest BCUT2D eigenvalue weighted by molar-refractivity contribution is -0.163. The standard InChI is InChI=1S/C46H84O4/c1-4-5-6-7-8-9-10-11-12-16-19-22-25-31-36-41-45(48)50-46(49)44(40-35-30-27-28-33-38-43(2)3)39-34-29-24-21-18-15-13-14-17-20-23-26-32-37-42-47/h8-9,11-12,42-44H,4-7,10,13-41H2,1-3H3. The maximum Gasteiger partial charge on any atom is 0.316 e. The molecule has 0 aliphatic heterocycles. The summed E-state index contributed by atoms with van der Waals surface area (Å²) >= 11 is 0. The molecular weight excluding hydrogens is 617 g/mol. The molecule has 0 spiro atoms. The molecule has 0 saturated carbocycles. The van der Waals surface area contributed by atoms with E-state index in [9.17, 15) is 14.4 Å². The Bertz CT molecular complexity index is 798. The minimum atomic E-state index is -0.322. The van der Waals surface area contributed by atoms with Gasteiger partial charge in [0, 0.05) is 12.8 Å². The van der Waals surface area contributed by atoms with E-state index < -0.39 is 0 Å². The van der Waals surface area contributed by atoms with Gasteiger partial charge in [0.25, 0.3) is 0 Å². The van der Waals surface area contributed by atoms with Crippen LogP contribution >= 0.6 is 0 Å². The fourth-order valence-electron chi connectivity index (χ4n) is 6.74. The predicted molar refractivity (Wildman–Crippen MR) is 216 cm³/mol. The van der Waals surface area contributed by atoms with E-state index in [1.165, 1.54) is 141 Å². The number of ether oxygens (including phenoxy) is 1. The number of aldehydes is 1. The van der Waals surface area contributed by atoms with Crippen LogP contribution < -0.4 is 0 Å². The minimum absolute atomic E-state index is 0.127. The van der Waals surface area contributed by atoms with Crippen LogP contribution in [-0.2, 0) is 19.1 Å². The molecule has 0 aliphatic carbocycles. The predicted octanol–water partition coefficient (Wildman–Crippen LogP) is 14.9. The van der Waals surface area contributed by atoms with Crippen LogP contribution in [0.2, 0.25) is 0 Å². The van der Waals surface area contributed by atoms with Gasteiger partial charge in [0.15, 0.2) is 0 Å². The van der Waals surface area contributed by atoms with Gasteiger partial charge in [-0.15, -0.1) is 0 Å². The average Bonchev–Trinajstić information content (AvgIpc) is 3.10. The molecular formula is C46H84O4. The van der Waals surface area contributed by atoms with Crippen molar-refractivity contribution in [1.29, 1.82) is 0 Å². The highest BCUT2D eigenvalue weighted by Crippen LogP contribution is 2.22. The smallest absolute Gasteiger partial charge is 0.316 e. The average molecular weight is 701 g/mol. The lowest BCUT2D eigenvalue weighted by Crippen LogP contribution is -2.21. The summed E-state index contributed by atoms with van der Waals surface area (Å²) in [5.41, 5.74) is 0. The molecule has 0 rings (SSSR count). The number of carbonyl (C=O) groups is 3. The van der Waals surface area contributed by atoms with Gasteiger partial charge < -0.3 is 9.53 Å². The molecule has 0 saturated heterocycles. The van der Waals surface area contributed by atoms with Crippen molar-refractivity contribution in [3.63, 3.8) is 0 Å². The number of allylic oxidation sites excluding steroid dienone is 4. The zero-order valence-electron chi connectivity index (χ0n) is 33.7. The van der Waals surface area contributed by atoms with Gasteiger partial charge in [-0.25, -0.2) is 0 Å². The fourth-order valence-corrected chi connectivity index (χ4v) is 6.74. The molecule has 0 bridgehead atoms. The van der Waals surface area contributed by atoms with Crippen molar-refractivity contribution in [2.24, 2.45) is 11.8 Å². The van der Waals surface area contributed by atoms with Crippen LogP contribution in [0, 0.1) is 11.8 Å². The highest BCUT2D eigenvalue weighted by atomic mass is 16.6. The van der Waals surface area contributed by atoms with E-state index in [4.69, 9.17) is 4.74 Å². The Balaban J connectivity index is 4.16. The Morgan fingerprint density at radius 3 is 1.34 bits per heavy atom. The summed E-state index contributed by atoms with van der Waals surface area (Å²) in [6.07, 6.45) is 49.2. The number of unbranched alkanes of at least 4 members (excludes halogenated alkanes) is 25. The molecule has 4 heteroatoms. The molecule has 0 amide bonds. The molecule has 0 heterocycles. The molecule has 0 radical (unpaired) electrons. The summed E-state index contributed by atoms with van der Waals surface area (Å²) < 4.78 is 5.42. The van der Waals surface area contributed by atoms with E-state index in [1.54, 1.807) is 0 Å². The van der Waals surface area contributed by atoms with E-state index in [0.717, 1.165) is 82.8 Å². The molecule has 1 atom stereocenters. The van der Waals surface area contributed by atoms with Gasteiger partial charge in [0.05, 0.1) is 5.92 Å². The van der Waals surface area contributed by atoms with Crippen LogP contribution in [0.4, 0.5) is 0 Å². The van der Waals surface area contributed by atoms with Crippen LogP contribution in [0.25, 0.3) is 0 Å². The third kappa shape index (κ3) is 37.5. The van der Waals surface area contributed by atoms with Crippen molar-refractivity contribution in [3.8, 4) is 0 Å². The van der Waals surface area contributed by atoms with Crippen LogP contribution in [0.1, 0.15) is 239 Å². The molecule has 0 aromatic rings. The van der Waals surface area contributed by atoms with Gasteiger partial charge in [0.2, 0.25) is 0 Å².